The highest BCUT2D eigenvalue weighted by atomic mass is 32.1. The lowest BCUT2D eigenvalue weighted by atomic mass is 9.95. The highest BCUT2D eigenvalue weighted by Gasteiger charge is 2.35. The van der Waals surface area contributed by atoms with E-state index in [4.69, 9.17) is 18.6 Å². The van der Waals surface area contributed by atoms with Crippen LogP contribution in [0.3, 0.4) is 0 Å². The Morgan fingerprint density at radius 2 is 2.06 bits per heavy atom. The molecule has 182 valence electrons. The minimum absolute atomic E-state index is 0.138. The van der Waals surface area contributed by atoms with Crippen LogP contribution in [0.1, 0.15) is 31.2 Å². The number of allylic oxidation sites excluding steroid dienone is 1. The molecule has 3 heterocycles. The number of carbonyl (C=O) groups excluding carboxylic acids is 1. The predicted molar refractivity (Wildman–Crippen MR) is 125 cm³/mol. The largest absolute Gasteiger partial charge is 0.497 e. The van der Waals surface area contributed by atoms with Gasteiger partial charge in [0.2, 0.25) is 0 Å². The molecule has 3 aromatic rings. The summed E-state index contributed by atoms with van der Waals surface area (Å²) in [5.74, 6) is 0.0223. The van der Waals surface area contributed by atoms with E-state index in [1.807, 2.05) is 0 Å². The molecule has 2 aromatic heterocycles. The molecule has 0 aliphatic carbocycles. The predicted octanol–water partition coefficient (Wildman–Crippen LogP) is 2.32. The van der Waals surface area contributed by atoms with Crippen molar-refractivity contribution < 1.29 is 28.3 Å². The van der Waals surface area contributed by atoms with Gasteiger partial charge in [-0.05, 0) is 38.1 Å². The van der Waals surface area contributed by atoms with E-state index in [1.54, 1.807) is 32.0 Å². The molecule has 1 aliphatic rings. The average molecular weight is 500 g/mol. The Labute approximate surface area is 202 Å². The van der Waals surface area contributed by atoms with Crippen molar-refractivity contribution in [3.63, 3.8) is 0 Å². The van der Waals surface area contributed by atoms with E-state index >= 15 is 0 Å². The molecular weight excluding hydrogens is 478 g/mol. The molecule has 0 amide bonds. The first kappa shape index (κ1) is 24.0. The zero-order valence-corrected chi connectivity index (χ0v) is 20.1. The van der Waals surface area contributed by atoms with Crippen LogP contribution >= 0.6 is 11.3 Å². The summed E-state index contributed by atoms with van der Waals surface area (Å²) in [6, 6.07) is 6.77. The van der Waals surface area contributed by atoms with Crippen LogP contribution in [0, 0.1) is 10.1 Å². The topological polar surface area (TPSA) is 135 Å². The smallest absolute Gasteiger partial charge is 0.433 e. The molecule has 0 fully saturated rings. The van der Waals surface area contributed by atoms with Crippen molar-refractivity contribution in [1.82, 2.24) is 4.57 Å². The van der Waals surface area contributed by atoms with Gasteiger partial charge in [0.25, 0.3) is 5.56 Å². The SMILES string of the molecule is CCOC(=O)C1=C(C)N=c2s/c(=C\c3ccc([N+](=O)[O-])o3)c(=O)n2[C@H]1c1cc(OC)ccc1OC. The number of thiazole rings is 1. The number of hydrogen-bond donors (Lipinski definition) is 0. The maximum absolute atomic E-state index is 13.6. The van der Waals surface area contributed by atoms with Crippen molar-refractivity contribution in [3.05, 3.63) is 82.7 Å². The fourth-order valence-corrected chi connectivity index (χ4v) is 4.81. The molecule has 1 aromatic carbocycles. The summed E-state index contributed by atoms with van der Waals surface area (Å²) < 4.78 is 23.0. The number of furan rings is 1. The van der Waals surface area contributed by atoms with Gasteiger partial charge in [0.15, 0.2) is 4.80 Å². The Balaban J connectivity index is 1.99. The molecule has 0 bridgehead atoms. The summed E-state index contributed by atoms with van der Waals surface area (Å²) in [6.07, 6.45) is 1.40. The first-order valence-electron chi connectivity index (χ1n) is 10.4. The van der Waals surface area contributed by atoms with Crippen molar-refractivity contribution in [3.8, 4) is 11.5 Å². The van der Waals surface area contributed by atoms with Crippen molar-refractivity contribution in [2.75, 3.05) is 20.8 Å². The second kappa shape index (κ2) is 9.58. The number of rotatable bonds is 7. The second-order valence-corrected chi connectivity index (χ2v) is 8.35. The number of ether oxygens (including phenoxy) is 3. The van der Waals surface area contributed by atoms with Gasteiger partial charge >= 0.3 is 11.9 Å². The lowest BCUT2D eigenvalue weighted by Gasteiger charge is -2.26. The molecule has 0 unspecified atom stereocenters. The lowest BCUT2D eigenvalue weighted by Crippen LogP contribution is -2.40. The van der Waals surface area contributed by atoms with E-state index in [1.165, 1.54) is 37.0 Å². The Bertz CT molecular complexity index is 1530. The number of carbonyl (C=O) groups is 1. The Morgan fingerprint density at radius 1 is 1.29 bits per heavy atom. The number of esters is 1. The summed E-state index contributed by atoms with van der Waals surface area (Å²) in [5, 5.41) is 10.9. The third kappa shape index (κ3) is 4.35. The molecule has 35 heavy (non-hydrogen) atoms. The highest BCUT2D eigenvalue weighted by Crippen LogP contribution is 2.37. The summed E-state index contributed by atoms with van der Waals surface area (Å²) in [7, 11) is 2.99. The van der Waals surface area contributed by atoms with Gasteiger partial charge in [0.1, 0.15) is 28.2 Å². The molecule has 0 saturated carbocycles. The molecule has 0 saturated heterocycles. The van der Waals surface area contributed by atoms with E-state index < -0.39 is 28.4 Å². The van der Waals surface area contributed by atoms with E-state index in [9.17, 15) is 19.7 Å². The van der Waals surface area contributed by atoms with Gasteiger partial charge in [-0.15, -0.1) is 0 Å². The van der Waals surface area contributed by atoms with E-state index in [2.05, 4.69) is 4.99 Å². The zero-order valence-electron chi connectivity index (χ0n) is 19.3. The van der Waals surface area contributed by atoms with Gasteiger partial charge in [-0.25, -0.2) is 9.79 Å². The van der Waals surface area contributed by atoms with Gasteiger partial charge in [-0.1, -0.05) is 11.3 Å². The van der Waals surface area contributed by atoms with E-state index in [0.717, 1.165) is 11.3 Å². The van der Waals surface area contributed by atoms with Gasteiger partial charge < -0.3 is 18.6 Å². The number of hydrogen-bond acceptors (Lipinski definition) is 10. The number of nitro groups is 1. The fourth-order valence-electron chi connectivity index (χ4n) is 3.79. The van der Waals surface area contributed by atoms with Crippen molar-refractivity contribution >= 4 is 29.3 Å². The minimum atomic E-state index is -0.913. The monoisotopic (exact) mass is 499 g/mol. The maximum Gasteiger partial charge on any atom is 0.433 e. The van der Waals surface area contributed by atoms with Gasteiger partial charge in [0.05, 0.1) is 42.7 Å². The fraction of sp³-hybridized carbons (Fsp3) is 0.261. The summed E-state index contributed by atoms with van der Waals surface area (Å²) in [4.78, 5) is 41.7. The number of fused-ring (bicyclic) bond motifs is 1. The normalized spacial score (nSPS) is 15.4. The number of nitrogens with zero attached hydrogens (tertiary/aromatic N) is 3. The van der Waals surface area contributed by atoms with Gasteiger partial charge in [-0.2, -0.15) is 0 Å². The molecule has 0 spiro atoms. The molecule has 4 rings (SSSR count). The second-order valence-electron chi connectivity index (χ2n) is 7.34. The third-order valence-corrected chi connectivity index (χ3v) is 6.30. The lowest BCUT2D eigenvalue weighted by molar-refractivity contribution is -0.402. The van der Waals surface area contributed by atoms with Crippen LogP contribution in [0.2, 0.25) is 0 Å². The van der Waals surface area contributed by atoms with Crippen molar-refractivity contribution in [2.45, 2.75) is 19.9 Å². The maximum atomic E-state index is 13.6. The van der Waals surface area contributed by atoms with Gasteiger partial charge in [0, 0.05) is 11.6 Å². The van der Waals surface area contributed by atoms with Crippen LogP contribution in [0.15, 0.2) is 55.8 Å². The van der Waals surface area contributed by atoms with Crippen LogP contribution in [0.5, 0.6) is 11.5 Å². The Morgan fingerprint density at radius 3 is 2.69 bits per heavy atom. The number of aromatic nitrogens is 1. The highest BCUT2D eigenvalue weighted by molar-refractivity contribution is 7.07. The Kier molecular flexibility index (Phi) is 6.56. The standard InChI is InChI=1S/C23H21N3O8S/c1-5-33-22(28)19-12(2)24-23-25(20(19)15-10-13(31-3)6-8-16(15)32-4)21(27)17(35-23)11-14-7-9-18(34-14)26(29)30/h6-11,20H,5H2,1-4H3/b17-11-/t20-/m0/s1. The van der Waals surface area contributed by atoms with Crippen LogP contribution < -0.4 is 24.4 Å². The molecule has 1 aliphatic heterocycles. The number of methoxy groups -OCH3 is 2. The first-order valence-corrected chi connectivity index (χ1v) is 11.3. The minimum Gasteiger partial charge on any atom is -0.497 e. The average Bonchev–Trinajstić information content (AvgIpc) is 3.42. The molecule has 0 radical (unpaired) electrons. The molecule has 12 heteroatoms. The van der Waals surface area contributed by atoms with E-state index in [-0.39, 0.29) is 22.5 Å². The quantitative estimate of drug-likeness (QED) is 0.275. The van der Waals surface area contributed by atoms with Crippen molar-refractivity contribution in [2.24, 2.45) is 4.99 Å². The summed E-state index contributed by atoms with van der Waals surface area (Å²) in [5.41, 5.74) is 0.619. The Hall–Kier alpha value is -4.19. The number of benzene rings is 1. The molecule has 1 atom stereocenters. The van der Waals surface area contributed by atoms with Crippen molar-refractivity contribution in [1.29, 1.82) is 0 Å². The van der Waals surface area contributed by atoms with Crippen LogP contribution in [-0.4, -0.2) is 36.3 Å². The van der Waals surface area contributed by atoms with Crippen LogP contribution in [0.4, 0.5) is 5.88 Å². The summed E-state index contributed by atoms with van der Waals surface area (Å²) in [6.45, 7) is 3.49. The van der Waals surface area contributed by atoms with E-state index in [0.29, 0.717) is 27.6 Å². The third-order valence-electron chi connectivity index (χ3n) is 5.31. The molecule has 11 nitrogen and oxygen atoms in total. The molecule has 0 N–H and O–H groups in total. The van der Waals surface area contributed by atoms with Crippen LogP contribution in [0.25, 0.3) is 6.08 Å². The van der Waals surface area contributed by atoms with Gasteiger partial charge in [-0.3, -0.25) is 19.5 Å². The first-order chi connectivity index (χ1) is 16.8. The molecular formula is C23H21N3O8S. The van der Waals surface area contributed by atoms with Crippen LogP contribution in [-0.2, 0) is 9.53 Å². The zero-order chi connectivity index (χ0) is 25.3. The summed E-state index contributed by atoms with van der Waals surface area (Å²) >= 11 is 1.07.